The number of azo groups is 1. The van der Waals surface area contributed by atoms with Crippen molar-refractivity contribution < 1.29 is 14.2 Å². The van der Waals surface area contributed by atoms with Crippen LogP contribution in [0.3, 0.4) is 0 Å². The van der Waals surface area contributed by atoms with E-state index in [2.05, 4.69) is 10.2 Å². The summed E-state index contributed by atoms with van der Waals surface area (Å²) in [5.74, 6) is 2.41. The van der Waals surface area contributed by atoms with Crippen LogP contribution in [-0.4, -0.2) is 13.9 Å². The van der Waals surface area contributed by atoms with Gasteiger partial charge in [0.15, 0.2) is 11.5 Å². The highest BCUT2D eigenvalue weighted by molar-refractivity contribution is 5.44. The summed E-state index contributed by atoms with van der Waals surface area (Å²) < 4.78 is 15.7. The van der Waals surface area contributed by atoms with Crippen LogP contribution in [0.25, 0.3) is 0 Å². The number of rotatable bonds is 5. The van der Waals surface area contributed by atoms with Crippen LogP contribution in [0.1, 0.15) is 11.1 Å². The quantitative estimate of drug-likeness (QED) is 0.789. The lowest BCUT2D eigenvalue weighted by Gasteiger charge is -2.00. The van der Waals surface area contributed by atoms with Crippen molar-refractivity contribution in [1.29, 1.82) is 0 Å². The molecule has 108 valence electrons. The van der Waals surface area contributed by atoms with Crippen molar-refractivity contribution >= 4 is 0 Å². The second-order valence-corrected chi connectivity index (χ2v) is 4.63. The maximum Gasteiger partial charge on any atom is 0.231 e. The van der Waals surface area contributed by atoms with Crippen LogP contribution in [0.15, 0.2) is 52.7 Å². The van der Waals surface area contributed by atoms with Gasteiger partial charge in [0.25, 0.3) is 0 Å². The van der Waals surface area contributed by atoms with E-state index in [1.54, 1.807) is 7.11 Å². The molecule has 3 rings (SSSR count). The zero-order chi connectivity index (χ0) is 14.5. The molecule has 21 heavy (non-hydrogen) atoms. The van der Waals surface area contributed by atoms with Crippen LogP contribution in [0.4, 0.5) is 0 Å². The fourth-order valence-corrected chi connectivity index (χ4v) is 2.03. The summed E-state index contributed by atoms with van der Waals surface area (Å²) in [6.45, 7) is 1.39. The number of fused-ring (bicyclic) bond motifs is 1. The van der Waals surface area contributed by atoms with E-state index < -0.39 is 0 Å². The number of ether oxygens (including phenoxy) is 3. The monoisotopic (exact) mass is 284 g/mol. The van der Waals surface area contributed by atoms with Gasteiger partial charge in [0.1, 0.15) is 5.75 Å². The van der Waals surface area contributed by atoms with Gasteiger partial charge in [-0.3, -0.25) is 0 Å². The first-order chi connectivity index (χ1) is 10.3. The standard InChI is InChI=1S/C16H16N2O3/c1-19-14-5-2-12(3-6-14)9-17-18-10-13-4-7-15-16(8-13)21-11-20-15/h2-8H,9-11H2,1H3. The van der Waals surface area contributed by atoms with Gasteiger partial charge in [0.2, 0.25) is 6.79 Å². The summed E-state index contributed by atoms with van der Waals surface area (Å²) in [7, 11) is 1.65. The van der Waals surface area contributed by atoms with Crippen LogP contribution < -0.4 is 14.2 Å². The molecular weight excluding hydrogens is 268 g/mol. The molecule has 0 N–H and O–H groups in total. The normalized spacial score (nSPS) is 12.8. The molecule has 0 amide bonds. The molecule has 0 saturated heterocycles. The second-order valence-electron chi connectivity index (χ2n) is 4.63. The van der Waals surface area contributed by atoms with Crippen LogP contribution in [0.2, 0.25) is 0 Å². The molecule has 1 heterocycles. The highest BCUT2D eigenvalue weighted by Crippen LogP contribution is 2.32. The lowest BCUT2D eigenvalue weighted by molar-refractivity contribution is 0.174. The Morgan fingerprint density at radius 1 is 0.905 bits per heavy atom. The zero-order valence-electron chi connectivity index (χ0n) is 11.8. The Morgan fingerprint density at radius 3 is 2.33 bits per heavy atom. The third-order valence-electron chi connectivity index (χ3n) is 3.20. The molecule has 2 aromatic carbocycles. The molecule has 5 heteroatoms. The molecule has 0 unspecified atom stereocenters. The lowest BCUT2D eigenvalue weighted by Crippen LogP contribution is -1.92. The van der Waals surface area contributed by atoms with Gasteiger partial charge in [-0.15, -0.1) is 0 Å². The van der Waals surface area contributed by atoms with Crippen molar-refractivity contribution in [2.45, 2.75) is 13.1 Å². The first kappa shape index (κ1) is 13.4. The number of nitrogens with zero attached hydrogens (tertiary/aromatic N) is 2. The fourth-order valence-electron chi connectivity index (χ4n) is 2.03. The van der Waals surface area contributed by atoms with E-state index in [0.29, 0.717) is 13.1 Å². The van der Waals surface area contributed by atoms with Crippen LogP contribution in [0, 0.1) is 0 Å². The molecule has 5 nitrogen and oxygen atoms in total. The Kier molecular flexibility index (Phi) is 4.00. The van der Waals surface area contributed by atoms with E-state index >= 15 is 0 Å². The van der Waals surface area contributed by atoms with Crippen molar-refractivity contribution in [3.63, 3.8) is 0 Å². The Morgan fingerprint density at radius 2 is 1.57 bits per heavy atom. The minimum absolute atomic E-state index is 0.289. The molecule has 0 radical (unpaired) electrons. The Bertz CT molecular complexity index is 638. The maximum absolute atomic E-state index is 5.33. The number of hydrogen-bond donors (Lipinski definition) is 0. The van der Waals surface area contributed by atoms with E-state index in [1.165, 1.54) is 0 Å². The van der Waals surface area contributed by atoms with Crippen molar-refractivity contribution in [3.05, 3.63) is 53.6 Å². The predicted octanol–water partition coefficient (Wildman–Crippen LogP) is 3.58. The third kappa shape index (κ3) is 3.31. The first-order valence-electron chi connectivity index (χ1n) is 6.70. The molecule has 1 aliphatic rings. The lowest BCUT2D eigenvalue weighted by atomic mass is 10.2. The van der Waals surface area contributed by atoms with Gasteiger partial charge in [-0.1, -0.05) is 18.2 Å². The van der Waals surface area contributed by atoms with E-state index in [-0.39, 0.29) is 6.79 Å². The molecule has 0 aliphatic carbocycles. The van der Waals surface area contributed by atoms with Crippen molar-refractivity contribution in [3.8, 4) is 17.2 Å². The SMILES string of the molecule is COc1ccc(CN=NCc2ccc3c(c2)OCO3)cc1. The van der Waals surface area contributed by atoms with Gasteiger partial charge in [-0.05, 0) is 35.4 Å². The maximum atomic E-state index is 5.33. The van der Waals surface area contributed by atoms with Gasteiger partial charge < -0.3 is 14.2 Å². The number of hydrogen-bond acceptors (Lipinski definition) is 5. The molecule has 2 aromatic rings. The predicted molar refractivity (Wildman–Crippen MR) is 77.8 cm³/mol. The zero-order valence-corrected chi connectivity index (χ0v) is 11.8. The minimum Gasteiger partial charge on any atom is -0.497 e. The topological polar surface area (TPSA) is 52.4 Å². The highest BCUT2D eigenvalue weighted by atomic mass is 16.7. The Labute approximate surface area is 123 Å². The van der Waals surface area contributed by atoms with Gasteiger partial charge in [0, 0.05) is 0 Å². The van der Waals surface area contributed by atoms with Gasteiger partial charge >= 0.3 is 0 Å². The molecule has 0 aromatic heterocycles. The molecule has 0 saturated carbocycles. The molecule has 1 aliphatic heterocycles. The summed E-state index contributed by atoms with van der Waals surface area (Å²) in [4.78, 5) is 0. The van der Waals surface area contributed by atoms with Crippen LogP contribution in [-0.2, 0) is 13.1 Å². The van der Waals surface area contributed by atoms with E-state index in [1.807, 2.05) is 42.5 Å². The fraction of sp³-hybridized carbons (Fsp3) is 0.250. The Hall–Kier alpha value is -2.56. The second kappa shape index (κ2) is 6.26. The van der Waals surface area contributed by atoms with Gasteiger partial charge in [-0.25, -0.2) is 0 Å². The summed E-state index contributed by atoms with van der Waals surface area (Å²) in [5, 5.41) is 8.40. The van der Waals surface area contributed by atoms with E-state index in [0.717, 1.165) is 28.4 Å². The number of benzene rings is 2. The molecular formula is C16H16N2O3. The highest BCUT2D eigenvalue weighted by Gasteiger charge is 2.12. The smallest absolute Gasteiger partial charge is 0.231 e. The summed E-state index contributed by atoms with van der Waals surface area (Å²) in [6, 6.07) is 13.6. The summed E-state index contributed by atoms with van der Waals surface area (Å²) >= 11 is 0. The van der Waals surface area contributed by atoms with E-state index in [9.17, 15) is 0 Å². The summed E-state index contributed by atoms with van der Waals surface area (Å²) in [6.07, 6.45) is 0. The molecule has 0 bridgehead atoms. The van der Waals surface area contributed by atoms with Crippen LogP contribution >= 0.6 is 0 Å². The third-order valence-corrected chi connectivity index (χ3v) is 3.20. The van der Waals surface area contributed by atoms with Gasteiger partial charge in [-0.2, -0.15) is 10.2 Å². The first-order valence-corrected chi connectivity index (χ1v) is 6.70. The molecule has 0 spiro atoms. The van der Waals surface area contributed by atoms with Crippen molar-refractivity contribution in [1.82, 2.24) is 0 Å². The van der Waals surface area contributed by atoms with Gasteiger partial charge in [0.05, 0.1) is 20.2 Å². The van der Waals surface area contributed by atoms with E-state index in [4.69, 9.17) is 14.2 Å². The summed E-state index contributed by atoms with van der Waals surface area (Å²) in [5.41, 5.74) is 2.16. The van der Waals surface area contributed by atoms with Crippen LogP contribution in [0.5, 0.6) is 17.2 Å². The van der Waals surface area contributed by atoms with Crippen molar-refractivity contribution in [2.24, 2.45) is 10.2 Å². The largest absolute Gasteiger partial charge is 0.497 e. The molecule has 0 fully saturated rings. The minimum atomic E-state index is 0.289. The Balaban J connectivity index is 1.54. The average Bonchev–Trinajstić information content (AvgIpc) is 3.00. The molecule has 0 atom stereocenters. The number of methoxy groups -OCH3 is 1. The van der Waals surface area contributed by atoms with Crippen molar-refractivity contribution in [2.75, 3.05) is 13.9 Å². The average molecular weight is 284 g/mol.